The summed E-state index contributed by atoms with van der Waals surface area (Å²) < 4.78 is 0. The van der Waals surface area contributed by atoms with Crippen molar-refractivity contribution in [3.05, 3.63) is 12.7 Å². The van der Waals surface area contributed by atoms with E-state index < -0.39 is 0 Å². The number of hydrogen-bond acceptors (Lipinski definition) is 0. The van der Waals surface area contributed by atoms with E-state index in [1.165, 1.54) is 32.1 Å². The van der Waals surface area contributed by atoms with Crippen molar-refractivity contribution < 1.29 is 0 Å². The molecule has 0 saturated carbocycles. The molecule has 0 nitrogen and oxygen atoms in total. The molecule has 0 spiro atoms. The van der Waals surface area contributed by atoms with Crippen LogP contribution in [0.25, 0.3) is 0 Å². The normalized spacial score (nSPS) is 13.3. The second-order valence-corrected chi connectivity index (χ2v) is 4.02. The van der Waals surface area contributed by atoms with E-state index in [0.717, 1.165) is 11.8 Å². The molecule has 72 valence electrons. The van der Waals surface area contributed by atoms with Crippen molar-refractivity contribution >= 4 is 0 Å². The lowest BCUT2D eigenvalue weighted by molar-refractivity contribution is 0.350. The zero-order chi connectivity index (χ0) is 9.40. The number of allylic oxidation sites excluding steroid dienone is 1. The molecular weight excluding hydrogens is 144 g/mol. The Morgan fingerprint density at radius 1 is 1.25 bits per heavy atom. The van der Waals surface area contributed by atoms with E-state index in [1.807, 2.05) is 0 Å². The highest BCUT2D eigenvalue weighted by atomic mass is 14.2. The van der Waals surface area contributed by atoms with Crippen molar-refractivity contribution in [2.45, 2.75) is 52.9 Å². The van der Waals surface area contributed by atoms with Gasteiger partial charge in [-0.25, -0.2) is 0 Å². The number of hydrogen-bond donors (Lipinski definition) is 0. The molecule has 0 radical (unpaired) electrons. The predicted octanol–water partition coefficient (Wildman–Crippen LogP) is 4.42. The van der Waals surface area contributed by atoms with Crippen molar-refractivity contribution in [2.75, 3.05) is 0 Å². The Morgan fingerprint density at radius 2 is 1.92 bits per heavy atom. The first-order chi connectivity index (χ1) is 5.72. The predicted molar refractivity (Wildman–Crippen MR) is 57.3 cm³/mol. The molecule has 0 aliphatic rings. The van der Waals surface area contributed by atoms with Gasteiger partial charge < -0.3 is 0 Å². The van der Waals surface area contributed by atoms with Crippen molar-refractivity contribution in [1.29, 1.82) is 0 Å². The molecular formula is C12H24. The molecule has 0 heteroatoms. The van der Waals surface area contributed by atoms with Gasteiger partial charge in [0, 0.05) is 0 Å². The van der Waals surface area contributed by atoms with Crippen LogP contribution in [0, 0.1) is 11.8 Å². The van der Waals surface area contributed by atoms with Crippen LogP contribution in [0.5, 0.6) is 0 Å². The molecule has 0 fully saturated rings. The largest absolute Gasteiger partial charge is 0.103 e. The van der Waals surface area contributed by atoms with Gasteiger partial charge in [0.2, 0.25) is 0 Å². The van der Waals surface area contributed by atoms with Crippen LogP contribution in [0.3, 0.4) is 0 Å². The maximum atomic E-state index is 3.81. The van der Waals surface area contributed by atoms with Crippen LogP contribution >= 0.6 is 0 Å². The Bertz CT molecular complexity index is 103. The minimum absolute atomic E-state index is 0.819. The van der Waals surface area contributed by atoms with Gasteiger partial charge in [0.25, 0.3) is 0 Å². The Morgan fingerprint density at radius 3 is 2.33 bits per heavy atom. The van der Waals surface area contributed by atoms with Gasteiger partial charge in [0.15, 0.2) is 0 Å². The van der Waals surface area contributed by atoms with E-state index in [9.17, 15) is 0 Å². The molecule has 0 bridgehead atoms. The molecule has 1 unspecified atom stereocenters. The van der Waals surface area contributed by atoms with Crippen molar-refractivity contribution in [1.82, 2.24) is 0 Å². The molecule has 0 aliphatic heterocycles. The Balaban J connectivity index is 3.55. The molecule has 0 aliphatic carbocycles. The highest BCUT2D eigenvalue weighted by Crippen LogP contribution is 2.22. The first-order valence-corrected chi connectivity index (χ1v) is 5.33. The zero-order valence-corrected chi connectivity index (χ0v) is 8.97. The fourth-order valence-corrected chi connectivity index (χ4v) is 1.59. The lowest BCUT2D eigenvalue weighted by Gasteiger charge is -2.18. The van der Waals surface area contributed by atoms with Crippen molar-refractivity contribution in [3.8, 4) is 0 Å². The summed E-state index contributed by atoms with van der Waals surface area (Å²) >= 11 is 0. The van der Waals surface area contributed by atoms with Crippen LogP contribution in [0.15, 0.2) is 12.7 Å². The molecule has 0 amide bonds. The summed E-state index contributed by atoms with van der Waals surface area (Å²) in [5.74, 6) is 1.69. The minimum atomic E-state index is 0.819. The van der Waals surface area contributed by atoms with Crippen molar-refractivity contribution in [2.24, 2.45) is 11.8 Å². The SMILES string of the molecule is C=CCC(CCCCC)C(C)C. The average molecular weight is 168 g/mol. The summed E-state index contributed by atoms with van der Waals surface area (Å²) in [5.41, 5.74) is 0. The van der Waals surface area contributed by atoms with Crippen LogP contribution in [-0.2, 0) is 0 Å². The third-order valence-electron chi connectivity index (χ3n) is 2.59. The van der Waals surface area contributed by atoms with Crippen molar-refractivity contribution in [3.63, 3.8) is 0 Å². The van der Waals surface area contributed by atoms with E-state index in [2.05, 4.69) is 33.4 Å². The fraction of sp³-hybridized carbons (Fsp3) is 0.833. The Labute approximate surface area is 78.1 Å². The summed E-state index contributed by atoms with van der Waals surface area (Å²) in [7, 11) is 0. The Kier molecular flexibility index (Phi) is 7.23. The highest BCUT2D eigenvalue weighted by molar-refractivity contribution is 4.75. The fourth-order valence-electron chi connectivity index (χ4n) is 1.59. The van der Waals surface area contributed by atoms with Gasteiger partial charge in [-0.1, -0.05) is 46.1 Å². The monoisotopic (exact) mass is 168 g/mol. The quantitative estimate of drug-likeness (QED) is 0.390. The third kappa shape index (κ3) is 5.40. The molecule has 0 N–H and O–H groups in total. The van der Waals surface area contributed by atoms with E-state index in [0.29, 0.717) is 0 Å². The maximum Gasteiger partial charge on any atom is -0.0322 e. The van der Waals surface area contributed by atoms with Crippen LogP contribution < -0.4 is 0 Å². The first kappa shape index (κ1) is 11.7. The summed E-state index contributed by atoms with van der Waals surface area (Å²) in [6, 6.07) is 0. The molecule has 1 atom stereocenters. The standard InChI is InChI=1S/C12H24/c1-5-7-8-10-12(9-6-2)11(3)4/h6,11-12H,2,5,7-10H2,1,3-4H3. The molecule has 0 rings (SSSR count). The van der Waals surface area contributed by atoms with Gasteiger partial charge in [-0.05, 0) is 24.7 Å². The summed E-state index contributed by atoms with van der Waals surface area (Å²) in [5, 5.41) is 0. The van der Waals surface area contributed by atoms with Gasteiger partial charge in [-0.3, -0.25) is 0 Å². The Hall–Kier alpha value is -0.260. The van der Waals surface area contributed by atoms with Gasteiger partial charge in [0.1, 0.15) is 0 Å². The topological polar surface area (TPSA) is 0 Å². The van der Waals surface area contributed by atoms with Gasteiger partial charge in [-0.2, -0.15) is 0 Å². The summed E-state index contributed by atoms with van der Waals surface area (Å²) in [4.78, 5) is 0. The van der Waals surface area contributed by atoms with Gasteiger partial charge in [-0.15, -0.1) is 6.58 Å². The van der Waals surface area contributed by atoms with Crippen LogP contribution in [0.4, 0.5) is 0 Å². The van der Waals surface area contributed by atoms with Crippen LogP contribution in [-0.4, -0.2) is 0 Å². The molecule has 0 saturated heterocycles. The third-order valence-corrected chi connectivity index (χ3v) is 2.59. The molecule has 0 aromatic rings. The van der Waals surface area contributed by atoms with Gasteiger partial charge >= 0.3 is 0 Å². The zero-order valence-electron chi connectivity index (χ0n) is 8.97. The second-order valence-electron chi connectivity index (χ2n) is 4.02. The van der Waals surface area contributed by atoms with Crippen LogP contribution in [0.2, 0.25) is 0 Å². The molecule has 12 heavy (non-hydrogen) atoms. The maximum absolute atomic E-state index is 3.81. The lowest BCUT2D eigenvalue weighted by atomic mass is 9.88. The van der Waals surface area contributed by atoms with E-state index in [1.54, 1.807) is 0 Å². The van der Waals surface area contributed by atoms with E-state index in [-0.39, 0.29) is 0 Å². The minimum Gasteiger partial charge on any atom is -0.103 e. The summed E-state index contributed by atoms with van der Waals surface area (Å²) in [6.45, 7) is 10.7. The summed E-state index contributed by atoms with van der Waals surface area (Å²) in [6.07, 6.45) is 8.77. The van der Waals surface area contributed by atoms with E-state index >= 15 is 0 Å². The average Bonchev–Trinajstić information content (AvgIpc) is 2.03. The van der Waals surface area contributed by atoms with E-state index in [4.69, 9.17) is 0 Å². The molecule has 0 heterocycles. The first-order valence-electron chi connectivity index (χ1n) is 5.33. The smallest absolute Gasteiger partial charge is 0.0322 e. The lowest BCUT2D eigenvalue weighted by Crippen LogP contribution is -2.07. The molecule has 0 aromatic carbocycles. The molecule has 0 aromatic heterocycles. The van der Waals surface area contributed by atoms with Gasteiger partial charge in [0.05, 0.1) is 0 Å². The van der Waals surface area contributed by atoms with Crippen LogP contribution in [0.1, 0.15) is 52.9 Å². The number of rotatable bonds is 7. The highest BCUT2D eigenvalue weighted by Gasteiger charge is 2.10. The second kappa shape index (κ2) is 7.39. The number of unbranched alkanes of at least 4 members (excludes halogenated alkanes) is 2.